The summed E-state index contributed by atoms with van der Waals surface area (Å²) in [5.74, 6) is 0.213. The summed E-state index contributed by atoms with van der Waals surface area (Å²) in [4.78, 5) is 12.1. The number of anilines is 2. The quantitative estimate of drug-likeness (QED) is 0.831. The Morgan fingerprint density at radius 3 is 2.76 bits per heavy atom. The molecule has 0 radical (unpaired) electrons. The second-order valence-electron chi connectivity index (χ2n) is 4.59. The van der Waals surface area contributed by atoms with Crippen LogP contribution in [-0.2, 0) is 4.79 Å². The summed E-state index contributed by atoms with van der Waals surface area (Å²) in [6, 6.07) is 11.1. The van der Waals surface area contributed by atoms with E-state index in [2.05, 4.69) is 5.32 Å². The Balaban J connectivity index is 1.70. The first-order valence-electron chi connectivity index (χ1n) is 6.38. The number of nitrogen functional groups attached to an aromatic ring is 1. The van der Waals surface area contributed by atoms with Crippen molar-refractivity contribution in [2.75, 3.05) is 17.7 Å². The molecule has 21 heavy (non-hydrogen) atoms. The van der Waals surface area contributed by atoms with Gasteiger partial charge in [-0.15, -0.1) is 0 Å². The highest BCUT2D eigenvalue weighted by atomic mass is 19.1. The molecule has 0 saturated carbocycles. The molecule has 1 aliphatic rings. The summed E-state index contributed by atoms with van der Waals surface area (Å²) in [5, 5.41) is 2.62. The Bertz CT molecular complexity index is 690. The third kappa shape index (κ3) is 2.74. The molecule has 2 aromatic rings. The number of nitrogens with two attached hydrogens (primary N) is 1. The summed E-state index contributed by atoms with van der Waals surface area (Å²) < 4.78 is 24.1. The summed E-state index contributed by atoms with van der Waals surface area (Å²) in [5.41, 5.74) is 5.83. The summed E-state index contributed by atoms with van der Waals surface area (Å²) in [6.07, 6.45) is -0.772. The minimum Gasteiger partial charge on any atom is -0.485 e. The molecule has 0 aliphatic carbocycles. The van der Waals surface area contributed by atoms with Crippen LogP contribution in [0, 0.1) is 5.82 Å². The van der Waals surface area contributed by atoms with Gasteiger partial charge in [0.2, 0.25) is 6.10 Å². The molecular weight excluding hydrogens is 275 g/mol. The maximum atomic E-state index is 13.1. The molecule has 0 spiro atoms. The fourth-order valence-corrected chi connectivity index (χ4v) is 1.99. The number of carbonyl (C=O) groups excluding carboxylic acids is 1. The highest BCUT2D eigenvalue weighted by Crippen LogP contribution is 2.31. The van der Waals surface area contributed by atoms with Gasteiger partial charge in [-0.05, 0) is 30.3 Å². The van der Waals surface area contributed by atoms with E-state index in [1.54, 1.807) is 18.2 Å². The van der Waals surface area contributed by atoms with Crippen molar-refractivity contribution in [3.8, 4) is 11.5 Å². The molecule has 1 unspecified atom stereocenters. The summed E-state index contributed by atoms with van der Waals surface area (Å²) in [6.45, 7) is 0.111. The lowest BCUT2D eigenvalue weighted by molar-refractivity contribution is -0.125. The molecule has 2 aromatic carbocycles. The average Bonchev–Trinajstić information content (AvgIpc) is 2.50. The number of para-hydroxylation sites is 2. The third-order valence-corrected chi connectivity index (χ3v) is 3.06. The SMILES string of the molecule is Nc1cc(NC(=O)C2COc3ccccc3O2)ccc1F. The highest BCUT2D eigenvalue weighted by molar-refractivity contribution is 5.95. The van der Waals surface area contributed by atoms with Gasteiger partial charge in [-0.25, -0.2) is 4.39 Å². The molecule has 1 aliphatic heterocycles. The van der Waals surface area contributed by atoms with Gasteiger partial charge in [-0.3, -0.25) is 4.79 Å². The van der Waals surface area contributed by atoms with Crippen molar-refractivity contribution in [2.24, 2.45) is 0 Å². The normalized spacial score (nSPS) is 16.3. The Labute approximate surface area is 120 Å². The monoisotopic (exact) mass is 288 g/mol. The van der Waals surface area contributed by atoms with Crippen LogP contribution < -0.4 is 20.5 Å². The van der Waals surface area contributed by atoms with Crippen LogP contribution in [0.4, 0.5) is 15.8 Å². The van der Waals surface area contributed by atoms with Crippen molar-refractivity contribution in [1.82, 2.24) is 0 Å². The smallest absolute Gasteiger partial charge is 0.269 e. The first kappa shape index (κ1) is 13.2. The van der Waals surface area contributed by atoms with Crippen LogP contribution in [0.25, 0.3) is 0 Å². The number of carbonyl (C=O) groups is 1. The molecule has 1 atom stereocenters. The van der Waals surface area contributed by atoms with Crippen molar-refractivity contribution in [3.05, 3.63) is 48.3 Å². The van der Waals surface area contributed by atoms with Crippen LogP contribution in [0.5, 0.6) is 11.5 Å². The van der Waals surface area contributed by atoms with E-state index in [0.29, 0.717) is 17.2 Å². The van der Waals surface area contributed by atoms with Gasteiger partial charge >= 0.3 is 0 Å². The van der Waals surface area contributed by atoms with Gasteiger partial charge in [0.1, 0.15) is 12.4 Å². The maximum absolute atomic E-state index is 13.1. The highest BCUT2D eigenvalue weighted by Gasteiger charge is 2.27. The van der Waals surface area contributed by atoms with Crippen LogP contribution in [-0.4, -0.2) is 18.6 Å². The fraction of sp³-hybridized carbons (Fsp3) is 0.133. The molecule has 3 rings (SSSR count). The second-order valence-corrected chi connectivity index (χ2v) is 4.59. The van der Waals surface area contributed by atoms with Crippen molar-refractivity contribution in [2.45, 2.75) is 6.10 Å². The molecule has 6 heteroatoms. The molecule has 0 bridgehead atoms. The van der Waals surface area contributed by atoms with Gasteiger partial charge < -0.3 is 20.5 Å². The molecule has 1 amide bonds. The van der Waals surface area contributed by atoms with Gasteiger partial charge in [0.15, 0.2) is 11.5 Å². The van der Waals surface area contributed by atoms with Gasteiger partial charge in [0.05, 0.1) is 5.69 Å². The van der Waals surface area contributed by atoms with Crippen molar-refractivity contribution in [1.29, 1.82) is 0 Å². The Hall–Kier alpha value is -2.76. The van der Waals surface area contributed by atoms with E-state index in [1.807, 2.05) is 6.07 Å². The zero-order valence-electron chi connectivity index (χ0n) is 11.0. The van der Waals surface area contributed by atoms with Gasteiger partial charge in [0.25, 0.3) is 5.91 Å². The van der Waals surface area contributed by atoms with Gasteiger partial charge in [0, 0.05) is 5.69 Å². The lowest BCUT2D eigenvalue weighted by atomic mass is 10.2. The standard InChI is InChI=1S/C15H13FN2O3/c16-10-6-5-9(7-11(10)17)18-15(19)14-8-20-12-3-1-2-4-13(12)21-14/h1-7,14H,8,17H2,(H,18,19). The first-order chi connectivity index (χ1) is 10.1. The van der Waals surface area contributed by atoms with Crippen molar-refractivity contribution in [3.63, 3.8) is 0 Å². The average molecular weight is 288 g/mol. The van der Waals surface area contributed by atoms with Crippen LogP contribution in [0.1, 0.15) is 0 Å². The number of halogens is 1. The number of hydrogen-bond acceptors (Lipinski definition) is 4. The largest absolute Gasteiger partial charge is 0.485 e. The zero-order chi connectivity index (χ0) is 14.8. The van der Waals surface area contributed by atoms with E-state index in [1.165, 1.54) is 18.2 Å². The van der Waals surface area contributed by atoms with E-state index in [9.17, 15) is 9.18 Å². The number of hydrogen-bond donors (Lipinski definition) is 2. The van der Waals surface area contributed by atoms with E-state index in [4.69, 9.17) is 15.2 Å². The fourth-order valence-electron chi connectivity index (χ4n) is 1.99. The molecule has 0 fully saturated rings. The molecule has 0 saturated heterocycles. The Morgan fingerprint density at radius 1 is 1.24 bits per heavy atom. The topological polar surface area (TPSA) is 73.6 Å². The number of fused-ring (bicyclic) bond motifs is 1. The van der Waals surface area contributed by atoms with Gasteiger partial charge in [-0.2, -0.15) is 0 Å². The number of benzene rings is 2. The third-order valence-electron chi connectivity index (χ3n) is 3.06. The summed E-state index contributed by atoms with van der Waals surface area (Å²) >= 11 is 0. The Morgan fingerprint density at radius 2 is 2.00 bits per heavy atom. The lowest BCUT2D eigenvalue weighted by Gasteiger charge is -2.25. The molecule has 0 aromatic heterocycles. The molecule has 108 valence electrons. The van der Waals surface area contributed by atoms with Crippen LogP contribution >= 0.6 is 0 Å². The second kappa shape index (κ2) is 5.32. The van der Waals surface area contributed by atoms with E-state index in [0.717, 1.165) is 0 Å². The van der Waals surface area contributed by atoms with E-state index in [-0.39, 0.29) is 18.2 Å². The predicted molar refractivity (Wildman–Crippen MR) is 75.8 cm³/mol. The number of rotatable bonds is 2. The van der Waals surface area contributed by atoms with Crippen LogP contribution in [0.2, 0.25) is 0 Å². The van der Waals surface area contributed by atoms with Gasteiger partial charge in [-0.1, -0.05) is 12.1 Å². The maximum Gasteiger partial charge on any atom is 0.269 e. The van der Waals surface area contributed by atoms with Crippen molar-refractivity contribution < 1.29 is 18.7 Å². The van der Waals surface area contributed by atoms with E-state index < -0.39 is 11.9 Å². The van der Waals surface area contributed by atoms with Crippen LogP contribution in [0.15, 0.2) is 42.5 Å². The molecule has 1 heterocycles. The minimum atomic E-state index is -0.772. The van der Waals surface area contributed by atoms with Crippen molar-refractivity contribution >= 4 is 17.3 Å². The first-order valence-corrected chi connectivity index (χ1v) is 6.38. The Kier molecular flexibility index (Phi) is 3.35. The molecular formula is C15H13FN2O3. The zero-order valence-corrected chi connectivity index (χ0v) is 11.0. The lowest BCUT2D eigenvalue weighted by Crippen LogP contribution is -2.40. The summed E-state index contributed by atoms with van der Waals surface area (Å²) in [7, 11) is 0. The molecule has 3 N–H and O–H groups in total. The number of ether oxygens (including phenoxy) is 2. The van der Waals surface area contributed by atoms with E-state index >= 15 is 0 Å². The predicted octanol–water partition coefficient (Wildman–Crippen LogP) is 2.19. The molecule has 5 nitrogen and oxygen atoms in total. The van der Waals surface area contributed by atoms with Crippen LogP contribution in [0.3, 0.4) is 0 Å². The number of amides is 1. The number of nitrogens with one attached hydrogen (secondary N) is 1. The minimum absolute atomic E-state index is 0.0287.